The van der Waals surface area contributed by atoms with Crippen molar-refractivity contribution in [3.8, 4) is 0 Å². The molecule has 0 saturated carbocycles. The summed E-state index contributed by atoms with van der Waals surface area (Å²) in [5.74, 6) is -1.36. The zero-order valence-electron chi connectivity index (χ0n) is 44.1. The van der Waals surface area contributed by atoms with E-state index < -0.39 is 55.1 Å². The van der Waals surface area contributed by atoms with Crippen LogP contribution in [0, 0.1) is 0 Å². The van der Waals surface area contributed by atoms with E-state index in [1.807, 2.05) is 9.80 Å². The summed E-state index contributed by atoms with van der Waals surface area (Å²) >= 11 is 0. The number of hydrogen-bond donors (Lipinski definition) is 10. The van der Waals surface area contributed by atoms with Gasteiger partial charge < -0.3 is 58.0 Å². The van der Waals surface area contributed by atoms with Crippen LogP contribution in [0.2, 0.25) is 0 Å². The number of aldehydes is 1. The molecule has 0 radical (unpaired) electrons. The summed E-state index contributed by atoms with van der Waals surface area (Å²) in [5.41, 5.74) is 22.9. The van der Waals surface area contributed by atoms with E-state index in [1.165, 1.54) is 77.0 Å². The number of carbonyl (C=O) groups is 6. The van der Waals surface area contributed by atoms with Crippen LogP contribution in [-0.4, -0.2) is 146 Å². The van der Waals surface area contributed by atoms with Crippen molar-refractivity contribution in [2.45, 2.75) is 231 Å². The van der Waals surface area contributed by atoms with Gasteiger partial charge in [-0.25, -0.2) is 5.43 Å². The van der Waals surface area contributed by atoms with Gasteiger partial charge in [0.15, 0.2) is 0 Å². The second kappa shape index (κ2) is 48.0. The first-order chi connectivity index (χ1) is 34.0. The number of unbranched alkanes of at least 4 members (excludes halogenated alkanes) is 19. The summed E-state index contributed by atoms with van der Waals surface area (Å²) in [7, 11) is 0. The molecule has 0 aliphatic heterocycles. The number of rotatable bonds is 51. The van der Waals surface area contributed by atoms with Crippen LogP contribution in [0.1, 0.15) is 206 Å². The molecule has 18 nitrogen and oxygen atoms in total. The Morgan fingerprint density at radius 3 is 1.40 bits per heavy atom. The maximum atomic E-state index is 13.6. The van der Waals surface area contributed by atoms with E-state index in [1.54, 1.807) is 0 Å². The molecule has 0 fully saturated rings. The Bertz CT molecular complexity index is 1320. The molecular formula is C52H104N10O8. The average molecular weight is 997 g/mol. The summed E-state index contributed by atoms with van der Waals surface area (Å²) in [5, 5.41) is 27.8. The summed E-state index contributed by atoms with van der Waals surface area (Å²) in [6, 6.07) is -3.57. The number of aliphatic hydroxyl groups excluding tert-OH is 2. The van der Waals surface area contributed by atoms with E-state index in [0.717, 1.165) is 51.4 Å². The van der Waals surface area contributed by atoms with Gasteiger partial charge in [0.05, 0.1) is 25.3 Å². The number of carbonyl (C=O) groups excluding carboxylic acids is 6. The number of amides is 5. The summed E-state index contributed by atoms with van der Waals surface area (Å²) in [6.45, 7) is 7.01. The predicted molar refractivity (Wildman–Crippen MR) is 281 cm³/mol. The van der Waals surface area contributed by atoms with Crippen molar-refractivity contribution >= 4 is 35.8 Å². The lowest BCUT2D eigenvalue weighted by atomic mass is 10.1. The zero-order valence-corrected chi connectivity index (χ0v) is 44.1. The second-order valence-electron chi connectivity index (χ2n) is 19.1. The van der Waals surface area contributed by atoms with E-state index >= 15 is 0 Å². The molecule has 0 spiro atoms. The molecule has 13 N–H and O–H groups in total. The highest BCUT2D eigenvalue weighted by Crippen LogP contribution is 2.14. The van der Waals surface area contributed by atoms with Crippen molar-refractivity contribution in [2.75, 3.05) is 65.6 Å². The van der Waals surface area contributed by atoms with Crippen LogP contribution >= 0.6 is 0 Å². The molecule has 18 heteroatoms. The third-order valence-corrected chi connectivity index (χ3v) is 12.8. The van der Waals surface area contributed by atoms with E-state index in [2.05, 4.69) is 40.6 Å². The number of nitrogens with two attached hydrogens (primary N) is 3. The molecule has 0 rings (SSSR count). The zero-order chi connectivity index (χ0) is 51.9. The molecule has 0 aromatic carbocycles. The van der Waals surface area contributed by atoms with Crippen LogP contribution in [-0.2, 0) is 28.8 Å². The van der Waals surface area contributed by atoms with Gasteiger partial charge in [0, 0.05) is 52.1 Å². The highest BCUT2D eigenvalue weighted by atomic mass is 16.3. The minimum Gasteiger partial charge on any atom is -0.394 e. The van der Waals surface area contributed by atoms with Gasteiger partial charge in [-0.05, 0) is 83.7 Å². The third kappa shape index (κ3) is 36.6. The van der Waals surface area contributed by atoms with Crippen LogP contribution in [0.15, 0.2) is 0 Å². The summed E-state index contributed by atoms with van der Waals surface area (Å²) in [4.78, 5) is 80.8. The Morgan fingerprint density at radius 1 is 0.500 bits per heavy atom. The smallest absolute Gasteiger partial charge is 0.244 e. The normalized spacial score (nSPS) is 13.0. The molecule has 70 heavy (non-hydrogen) atoms. The van der Waals surface area contributed by atoms with Gasteiger partial charge in [-0.15, -0.1) is 0 Å². The largest absolute Gasteiger partial charge is 0.394 e. The molecule has 0 saturated heterocycles. The number of hydrogen-bond acceptors (Lipinski definition) is 13. The van der Waals surface area contributed by atoms with Gasteiger partial charge in [0.25, 0.3) is 0 Å². The Hall–Kier alpha value is -3.26. The number of nitrogens with one attached hydrogen (secondary N) is 5. The van der Waals surface area contributed by atoms with Crippen LogP contribution in [0.25, 0.3) is 0 Å². The van der Waals surface area contributed by atoms with Gasteiger partial charge >= 0.3 is 0 Å². The monoisotopic (exact) mass is 997 g/mol. The molecule has 0 heterocycles. The molecule has 0 unspecified atom stereocenters. The first-order valence-electron chi connectivity index (χ1n) is 27.8. The van der Waals surface area contributed by atoms with Crippen molar-refractivity contribution in [3.63, 3.8) is 0 Å². The van der Waals surface area contributed by atoms with Crippen LogP contribution in [0.3, 0.4) is 0 Å². The maximum Gasteiger partial charge on any atom is 0.244 e. The van der Waals surface area contributed by atoms with Crippen molar-refractivity contribution < 1.29 is 39.0 Å². The summed E-state index contributed by atoms with van der Waals surface area (Å²) in [6.07, 6.45) is 28.6. The number of nitrogens with zero attached hydrogens (tertiary/aromatic N) is 2. The fraction of sp³-hybridized carbons (Fsp3) is 0.885. The molecule has 0 aromatic heterocycles. The molecule has 0 bridgehead atoms. The van der Waals surface area contributed by atoms with Crippen molar-refractivity contribution in [1.82, 2.24) is 36.6 Å². The average Bonchev–Trinajstić information content (AvgIpc) is 3.36. The molecular weight excluding hydrogens is 893 g/mol. The van der Waals surface area contributed by atoms with Gasteiger partial charge in [-0.1, -0.05) is 123 Å². The first-order valence-corrected chi connectivity index (χ1v) is 27.8. The lowest BCUT2D eigenvalue weighted by molar-refractivity contribution is -0.133. The van der Waals surface area contributed by atoms with Gasteiger partial charge in [-0.2, -0.15) is 0 Å². The van der Waals surface area contributed by atoms with E-state index in [-0.39, 0.29) is 18.4 Å². The van der Waals surface area contributed by atoms with Gasteiger partial charge in [-0.3, -0.25) is 29.4 Å². The Balaban J connectivity index is 5.51. The Kier molecular flexibility index (Phi) is 45.8. The number of hydrazine groups is 1. The van der Waals surface area contributed by atoms with Crippen LogP contribution in [0.4, 0.5) is 0 Å². The van der Waals surface area contributed by atoms with Crippen LogP contribution in [0.5, 0.6) is 0 Å². The lowest BCUT2D eigenvalue weighted by Crippen LogP contribution is -2.54. The lowest BCUT2D eigenvalue weighted by Gasteiger charge is -2.26. The van der Waals surface area contributed by atoms with Crippen LogP contribution < -0.4 is 44.0 Å². The molecule has 0 aromatic rings. The summed E-state index contributed by atoms with van der Waals surface area (Å²) < 4.78 is 0. The van der Waals surface area contributed by atoms with Crippen molar-refractivity contribution in [3.05, 3.63) is 0 Å². The van der Waals surface area contributed by atoms with E-state index in [0.29, 0.717) is 116 Å². The highest BCUT2D eigenvalue weighted by Gasteiger charge is 2.24. The molecule has 5 amide bonds. The Labute approximate surface area is 423 Å². The fourth-order valence-corrected chi connectivity index (χ4v) is 8.25. The van der Waals surface area contributed by atoms with E-state index in [4.69, 9.17) is 17.2 Å². The minimum absolute atomic E-state index is 0.0680. The molecule has 0 aliphatic carbocycles. The second-order valence-corrected chi connectivity index (χ2v) is 19.1. The topological polar surface area (TPSA) is 288 Å². The van der Waals surface area contributed by atoms with Gasteiger partial charge in [0.2, 0.25) is 29.5 Å². The quantitative estimate of drug-likeness (QED) is 0.0231. The van der Waals surface area contributed by atoms with Crippen molar-refractivity contribution in [2.24, 2.45) is 17.2 Å². The predicted octanol–water partition coefficient (Wildman–Crippen LogP) is 4.36. The van der Waals surface area contributed by atoms with E-state index in [9.17, 15) is 39.0 Å². The molecule has 410 valence electrons. The first kappa shape index (κ1) is 66.7. The standard InChI is InChI=1S/C52H104N10O8/c1-3-5-7-9-11-13-15-17-19-31-48(66)61(39-27-35-56-51(69)46(42-64)59-50(68)45(55)30-22-24-34-54)37-25-26-38-62(49(67)32-20-18-16-14-12-10-8-6-4-2)40-28-36-57-60-47(43-65)52(70)58-44(41-63)29-21-23-33-53/h41,44-47,57,60,64-65H,3-40,42-43,53-55H2,1-2H3,(H,56,69)(H,58,70)(H,59,68)/t44-,45+,46+,47+/m1/s1. The minimum atomic E-state index is -1.14. The van der Waals surface area contributed by atoms with Crippen molar-refractivity contribution in [1.29, 1.82) is 0 Å². The SMILES string of the molecule is CCCCCCCCCCCC(=O)N(CCCCN(CCCNC(=O)[C@H](CO)NC(=O)[C@@H](N)CCCCN)C(=O)CCCCCCCCCCC)CCCNN[C@@H](CO)C(=O)N[C@@H](C=O)CCCCN. The van der Waals surface area contributed by atoms with Gasteiger partial charge in [0.1, 0.15) is 18.4 Å². The number of aliphatic hydroxyl groups is 2. The molecule has 0 aliphatic rings. The Morgan fingerprint density at radius 2 is 0.943 bits per heavy atom. The third-order valence-electron chi connectivity index (χ3n) is 12.8. The highest BCUT2D eigenvalue weighted by molar-refractivity contribution is 5.89. The fourth-order valence-electron chi connectivity index (χ4n) is 8.25. The maximum absolute atomic E-state index is 13.6. The molecule has 4 atom stereocenters.